The maximum absolute atomic E-state index is 12.4. The summed E-state index contributed by atoms with van der Waals surface area (Å²) in [6.07, 6.45) is 2.62. The van der Waals surface area contributed by atoms with Crippen molar-refractivity contribution in [3.8, 4) is 11.5 Å². The smallest absolute Gasteiger partial charge is 0.276 e. The van der Waals surface area contributed by atoms with E-state index in [9.17, 15) is 4.79 Å². The number of hydrogen-bond acceptors (Lipinski definition) is 4. The Morgan fingerprint density at radius 3 is 2.58 bits per heavy atom. The van der Waals surface area contributed by atoms with Gasteiger partial charge in [-0.05, 0) is 72.2 Å². The normalized spacial score (nSPS) is 15.8. The van der Waals surface area contributed by atoms with Crippen LogP contribution in [0.25, 0.3) is 6.08 Å². The van der Waals surface area contributed by atoms with Gasteiger partial charge in [-0.1, -0.05) is 6.92 Å². The summed E-state index contributed by atoms with van der Waals surface area (Å²) < 4.78 is 12.1. The van der Waals surface area contributed by atoms with Gasteiger partial charge in [-0.25, -0.2) is 0 Å². The zero-order valence-electron chi connectivity index (χ0n) is 14.0. The Bertz CT molecular complexity index is 676. The molecule has 1 aliphatic rings. The molecule has 1 aliphatic heterocycles. The van der Waals surface area contributed by atoms with E-state index in [1.54, 1.807) is 11.0 Å². The van der Waals surface area contributed by atoms with Crippen molar-refractivity contribution in [1.82, 2.24) is 10.2 Å². The number of rotatable bonds is 7. The molecule has 0 saturated carbocycles. The number of hydrogen-bond donors (Lipinski definition) is 1. The summed E-state index contributed by atoms with van der Waals surface area (Å²) in [4.78, 5) is 14.0. The van der Waals surface area contributed by atoms with Gasteiger partial charge in [0.25, 0.3) is 5.91 Å². The molecule has 1 N–H and O–H groups in total. The molecule has 0 bridgehead atoms. The Morgan fingerprint density at radius 2 is 1.96 bits per heavy atom. The molecule has 1 fully saturated rings. The van der Waals surface area contributed by atoms with Crippen LogP contribution in [0, 0.1) is 0 Å². The number of nitrogens with zero attached hydrogens (tertiary/aromatic N) is 1. The minimum absolute atomic E-state index is 0.107. The van der Waals surface area contributed by atoms with Crippen LogP contribution in [0.4, 0.5) is 0 Å². The molecule has 1 saturated heterocycles. The van der Waals surface area contributed by atoms with Crippen LogP contribution in [0.15, 0.2) is 22.3 Å². The molecule has 0 aromatic heterocycles. The number of halogens is 1. The van der Waals surface area contributed by atoms with Crippen molar-refractivity contribution in [2.45, 2.75) is 27.2 Å². The number of ether oxygens (including phenoxy) is 2. The minimum Gasteiger partial charge on any atom is -0.490 e. The fourth-order valence-electron chi connectivity index (χ4n) is 2.38. The van der Waals surface area contributed by atoms with Gasteiger partial charge in [-0.15, -0.1) is 0 Å². The van der Waals surface area contributed by atoms with E-state index in [1.807, 2.05) is 32.9 Å². The largest absolute Gasteiger partial charge is 0.490 e. The average molecular weight is 413 g/mol. The Balaban J connectivity index is 2.36. The molecular formula is C17H21BrN2O3S. The van der Waals surface area contributed by atoms with E-state index < -0.39 is 0 Å². The molecule has 24 heavy (non-hydrogen) atoms. The number of carbonyl (C=O) groups excluding carboxylic acids is 1. The molecule has 1 amide bonds. The van der Waals surface area contributed by atoms with Gasteiger partial charge in [-0.2, -0.15) is 0 Å². The van der Waals surface area contributed by atoms with Crippen molar-refractivity contribution in [3.05, 3.63) is 27.9 Å². The minimum atomic E-state index is -0.107. The molecule has 2 rings (SSSR count). The molecule has 0 aliphatic carbocycles. The zero-order chi connectivity index (χ0) is 17.7. The van der Waals surface area contributed by atoms with Gasteiger partial charge in [0.05, 0.1) is 17.7 Å². The van der Waals surface area contributed by atoms with Gasteiger partial charge in [0.2, 0.25) is 0 Å². The lowest BCUT2D eigenvalue weighted by Gasteiger charge is -2.13. The fraction of sp³-hybridized carbons (Fsp3) is 0.412. The molecule has 0 unspecified atom stereocenters. The molecule has 130 valence electrons. The highest BCUT2D eigenvalue weighted by molar-refractivity contribution is 9.10. The van der Waals surface area contributed by atoms with Gasteiger partial charge in [0, 0.05) is 6.54 Å². The molecule has 1 aromatic rings. The zero-order valence-corrected chi connectivity index (χ0v) is 16.4. The predicted octanol–water partition coefficient (Wildman–Crippen LogP) is 3.71. The number of carbonyl (C=O) groups is 1. The summed E-state index contributed by atoms with van der Waals surface area (Å²) in [5, 5.41) is 3.43. The summed E-state index contributed by atoms with van der Waals surface area (Å²) in [7, 11) is 0. The second-order valence-electron chi connectivity index (χ2n) is 5.14. The lowest BCUT2D eigenvalue weighted by Crippen LogP contribution is -2.31. The quantitative estimate of drug-likeness (QED) is 0.546. The molecule has 0 radical (unpaired) electrons. The number of amides is 1. The fourth-order valence-corrected chi connectivity index (χ4v) is 3.24. The van der Waals surface area contributed by atoms with Crippen molar-refractivity contribution in [3.63, 3.8) is 0 Å². The topological polar surface area (TPSA) is 50.8 Å². The van der Waals surface area contributed by atoms with E-state index in [-0.39, 0.29) is 5.91 Å². The monoisotopic (exact) mass is 412 g/mol. The second kappa shape index (κ2) is 8.48. The number of nitrogens with one attached hydrogen (secondary N) is 1. The summed E-state index contributed by atoms with van der Waals surface area (Å²) in [6.45, 7) is 7.52. The van der Waals surface area contributed by atoms with E-state index in [1.165, 1.54) is 0 Å². The highest BCUT2D eigenvalue weighted by Crippen LogP contribution is 2.37. The third kappa shape index (κ3) is 4.08. The highest BCUT2D eigenvalue weighted by atomic mass is 79.9. The Labute approximate surface area is 156 Å². The van der Waals surface area contributed by atoms with E-state index in [0.29, 0.717) is 42.1 Å². The van der Waals surface area contributed by atoms with E-state index in [0.717, 1.165) is 16.5 Å². The first-order chi connectivity index (χ1) is 11.5. The van der Waals surface area contributed by atoms with Crippen LogP contribution in [0.5, 0.6) is 11.5 Å². The van der Waals surface area contributed by atoms with Crippen molar-refractivity contribution >= 4 is 45.2 Å². The van der Waals surface area contributed by atoms with Crippen LogP contribution in [-0.4, -0.2) is 35.7 Å². The van der Waals surface area contributed by atoms with E-state index >= 15 is 0 Å². The molecule has 1 aromatic carbocycles. The van der Waals surface area contributed by atoms with Crippen LogP contribution < -0.4 is 14.8 Å². The van der Waals surface area contributed by atoms with Crippen molar-refractivity contribution in [2.24, 2.45) is 0 Å². The average Bonchev–Trinajstić information content (AvgIpc) is 2.79. The van der Waals surface area contributed by atoms with Gasteiger partial charge in [0.1, 0.15) is 5.70 Å². The molecular weight excluding hydrogens is 392 g/mol. The highest BCUT2D eigenvalue weighted by Gasteiger charge is 2.29. The van der Waals surface area contributed by atoms with Gasteiger partial charge >= 0.3 is 0 Å². The van der Waals surface area contributed by atoms with Crippen LogP contribution >= 0.6 is 28.1 Å². The second-order valence-corrected chi connectivity index (χ2v) is 6.38. The third-order valence-electron chi connectivity index (χ3n) is 3.34. The maximum Gasteiger partial charge on any atom is 0.276 e. The SMILES string of the molecule is CCCN1C(=O)/C(=C/c2cc(Br)c(OCC)c(OCC)c2)NC1=S. The van der Waals surface area contributed by atoms with Crippen LogP contribution in [-0.2, 0) is 4.79 Å². The lowest BCUT2D eigenvalue weighted by atomic mass is 10.1. The lowest BCUT2D eigenvalue weighted by molar-refractivity contribution is -0.122. The summed E-state index contributed by atoms with van der Waals surface area (Å²) in [5.74, 6) is 1.19. The van der Waals surface area contributed by atoms with Crippen LogP contribution in [0.3, 0.4) is 0 Å². The van der Waals surface area contributed by atoms with Gasteiger partial charge < -0.3 is 14.8 Å². The standard InChI is InChI=1S/C17H21BrN2O3S/c1-4-7-20-16(21)13(19-17(20)24)9-11-8-12(18)15(23-6-3)14(10-11)22-5-2/h8-10H,4-7H2,1-3H3,(H,19,24)/b13-9-. The molecule has 5 nitrogen and oxygen atoms in total. The number of thiocarbonyl (C=S) groups is 1. The Kier molecular flexibility index (Phi) is 6.62. The first-order valence-corrected chi connectivity index (χ1v) is 9.15. The predicted molar refractivity (Wildman–Crippen MR) is 102 cm³/mol. The van der Waals surface area contributed by atoms with Crippen molar-refractivity contribution in [2.75, 3.05) is 19.8 Å². The van der Waals surface area contributed by atoms with Crippen molar-refractivity contribution in [1.29, 1.82) is 0 Å². The molecule has 7 heteroatoms. The van der Waals surface area contributed by atoms with Crippen molar-refractivity contribution < 1.29 is 14.3 Å². The van der Waals surface area contributed by atoms with E-state index in [4.69, 9.17) is 21.7 Å². The number of benzene rings is 1. The molecule has 0 atom stereocenters. The summed E-state index contributed by atoms with van der Waals surface area (Å²) >= 11 is 8.73. The van der Waals surface area contributed by atoms with E-state index in [2.05, 4.69) is 21.2 Å². The third-order valence-corrected chi connectivity index (χ3v) is 4.25. The van der Waals surface area contributed by atoms with Crippen LogP contribution in [0.2, 0.25) is 0 Å². The summed E-state index contributed by atoms with van der Waals surface area (Å²) in [5.41, 5.74) is 1.29. The van der Waals surface area contributed by atoms with Gasteiger partial charge in [0.15, 0.2) is 16.6 Å². The molecule has 1 heterocycles. The first-order valence-electron chi connectivity index (χ1n) is 7.95. The van der Waals surface area contributed by atoms with Gasteiger partial charge in [-0.3, -0.25) is 9.69 Å². The maximum atomic E-state index is 12.4. The van der Waals surface area contributed by atoms with Crippen LogP contribution in [0.1, 0.15) is 32.8 Å². The Hall–Kier alpha value is -1.60. The Morgan fingerprint density at radius 1 is 1.25 bits per heavy atom. The summed E-state index contributed by atoms with van der Waals surface area (Å²) in [6, 6.07) is 3.74. The first kappa shape index (κ1) is 18.7. The molecule has 0 spiro atoms.